The Morgan fingerprint density at radius 3 is 2.41 bits per heavy atom. The van der Waals surface area contributed by atoms with Crippen molar-refractivity contribution < 1.29 is 18.8 Å². The fourth-order valence-electron chi connectivity index (χ4n) is 1.78. The number of carbonyl (C=O) groups excluding carboxylic acids is 2. The van der Waals surface area contributed by atoms with Crippen LogP contribution in [0.5, 0.6) is 0 Å². The van der Waals surface area contributed by atoms with Gasteiger partial charge in [-0.25, -0.2) is 0 Å². The summed E-state index contributed by atoms with van der Waals surface area (Å²) in [6.45, 7) is 9.62. The zero-order valence-electron chi connectivity index (χ0n) is 14.2. The number of methoxy groups -OCH3 is 1. The Hall–Kier alpha value is -1.92. The molecule has 1 heterocycles. The molecule has 1 aromatic rings. The third-order valence-corrected chi connectivity index (χ3v) is 3.16. The summed E-state index contributed by atoms with van der Waals surface area (Å²) in [4.78, 5) is 29.4. The minimum Gasteiger partial charge on any atom is -0.468 e. The molecular formula is C15H25N3O4. The molecule has 0 atom stereocenters. The minimum atomic E-state index is -0.435. The van der Waals surface area contributed by atoms with Crippen molar-refractivity contribution in [3.63, 3.8) is 0 Å². The van der Waals surface area contributed by atoms with Gasteiger partial charge in [0.15, 0.2) is 5.82 Å². The van der Waals surface area contributed by atoms with Gasteiger partial charge in [-0.1, -0.05) is 25.9 Å². The molecule has 1 aromatic heterocycles. The second kappa shape index (κ2) is 7.38. The Bertz CT molecular complexity index is 517. The van der Waals surface area contributed by atoms with Gasteiger partial charge in [0, 0.05) is 24.3 Å². The molecule has 0 N–H and O–H groups in total. The fraction of sp³-hybridized carbons (Fsp3) is 0.733. The molecule has 1 rings (SSSR count). The molecule has 0 bridgehead atoms. The summed E-state index contributed by atoms with van der Waals surface area (Å²) in [7, 11) is 1.30. The van der Waals surface area contributed by atoms with Gasteiger partial charge in [0.05, 0.1) is 7.11 Å². The second-order valence-corrected chi connectivity index (χ2v) is 6.45. The number of nitrogens with zero attached hydrogens (tertiary/aromatic N) is 3. The lowest BCUT2D eigenvalue weighted by Gasteiger charge is -2.25. The summed E-state index contributed by atoms with van der Waals surface area (Å²) in [5.41, 5.74) is -0.194. The normalized spacial score (nSPS) is 11.6. The van der Waals surface area contributed by atoms with Gasteiger partial charge in [0.1, 0.15) is 6.54 Å². The van der Waals surface area contributed by atoms with E-state index in [1.807, 2.05) is 34.6 Å². The van der Waals surface area contributed by atoms with Crippen LogP contribution >= 0.6 is 0 Å². The van der Waals surface area contributed by atoms with E-state index in [0.717, 1.165) is 0 Å². The molecular weight excluding hydrogens is 286 g/mol. The molecule has 7 nitrogen and oxygen atoms in total. The van der Waals surface area contributed by atoms with Gasteiger partial charge < -0.3 is 14.2 Å². The van der Waals surface area contributed by atoms with Crippen LogP contribution in [-0.4, -0.2) is 46.6 Å². The number of carbonyl (C=O) groups is 2. The van der Waals surface area contributed by atoms with Crippen molar-refractivity contribution in [3.05, 3.63) is 11.7 Å². The predicted octanol–water partition coefficient (Wildman–Crippen LogP) is 1.71. The van der Waals surface area contributed by atoms with E-state index < -0.39 is 5.97 Å². The highest BCUT2D eigenvalue weighted by Gasteiger charge is 2.23. The van der Waals surface area contributed by atoms with Gasteiger partial charge in [0.25, 0.3) is 0 Å². The van der Waals surface area contributed by atoms with Crippen LogP contribution in [0.3, 0.4) is 0 Å². The van der Waals surface area contributed by atoms with E-state index in [1.54, 1.807) is 0 Å². The molecule has 0 saturated heterocycles. The number of rotatable bonds is 6. The first-order valence-corrected chi connectivity index (χ1v) is 7.34. The highest BCUT2D eigenvalue weighted by molar-refractivity contribution is 5.82. The van der Waals surface area contributed by atoms with Crippen LogP contribution in [0.1, 0.15) is 52.8 Å². The second-order valence-electron chi connectivity index (χ2n) is 6.45. The van der Waals surface area contributed by atoms with Crippen molar-refractivity contribution in [3.8, 4) is 0 Å². The van der Waals surface area contributed by atoms with Gasteiger partial charge >= 0.3 is 5.97 Å². The van der Waals surface area contributed by atoms with Crippen molar-refractivity contribution in [2.24, 2.45) is 0 Å². The summed E-state index contributed by atoms with van der Waals surface area (Å²) in [6.07, 6.45) is 0.563. The number of aromatic nitrogens is 2. The van der Waals surface area contributed by atoms with Gasteiger partial charge in [-0.15, -0.1) is 0 Å². The van der Waals surface area contributed by atoms with E-state index in [4.69, 9.17) is 4.52 Å². The van der Waals surface area contributed by atoms with Crippen LogP contribution in [0, 0.1) is 0 Å². The Morgan fingerprint density at radius 1 is 1.32 bits per heavy atom. The number of amides is 1. The van der Waals surface area contributed by atoms with Gasteiger partial charge in [-0.2, -0.15) is 4.98 Å². The molecule has 0 aromatic carbocycles. The van der Waals surface area contributed by atoms with E-state index >= 15 is 0 Å². The van der Waals surface area contributed by atoms with Gasteiger partial charge in [-0.05, 0) is 13.8 Å². The summed E-state index contributed by atoms with van der Waals surface area (Å²) in [5.74, 6) is 0.469. The molecule has 0 unspecified atom stereocenters. The molecule has 7 heteroatoms. The quantitative estimate of drug-likeness (QED) is 0.743. The van der Waals surface area contributed by atoms with Crippen LogP contribution in [0.25, 0.3) is 0 Å². The molecule has 124 valence electrons. The van der Waals surface area contributed by atoms with E-state index in [0.29, 0.717) is 18.1 Å². The average Bonchev–Trinajstić information content (AvgIpc) is 2.90. The zero-order chi connectivity index (χ0) is 16.9. The van der Waals surface area contributed by atoms with Crippen LogP contribution in [0.2, 0.25) is 0 Å². The topological polar surface area (TPSA) is 85.5 Å². The lowest BCUT2D eigenvalue weighted by atomic mass is 9.96. The Labute approximate surface area is 131 Å². The van der Waals surface area contributed by atoms with Gasteiger partial charge in [-0.3, -0.25) is 9.59 Å². The molecule has 0 aliphatic rings. The van der Waals surface area contributed by atoms with E-state index in [-0.39, 0.29) is 30.3 Å². The summed E-state index contributed by atoms with van der Waals surface area (Å²) < 4.78 is 9.77. The number of esters is 1. The Kier molecular flexibility index (Phi) is 6.08. The highest BCUT2D eigenvalue weighted by Crippen LogP contribution is 2.19. The Morgan fingerprint density at radius 2 is 1.95 bits per heavy atom. The minimum absolute atomic E-state index is 0.0515. The summed E-state index contributed by atoms with van der Waals surface area (Å²) >= 11 is 0. The molecule has 0 aliphatic heterocycles. The molecule has 0 fully saturated rings. The van der Waals surface area contributed by atoms with Crippen molar-refractivity contribution >= 4 is 11.9 Å². The maximum Gasteiger partial charge on any atom is 0.325 e. The smallest absolute Gasteiger partial charge is 0.325 e. The Balaban J connectivity index is 2.63. The predicted molar refractivity (Wildman–Crippen MR) is 80.2 cm³/mol. The van der Waals surface area contributed by atoms with Gasteiger partial charge in [0.2, 0.25) is 11.8 Å². The average molecular weight is 311 g/mol. The van der Waals surface area contributed by atoms with Crippen molar-refractivity contribution in [1.82, 2.24) is 15.0 Å². The molecule has 0 aliphatic carbocycles. The van der Waals surface area contributed by atoms with Crippen molar-refractivity contribution in [1.29, 1.82) is 0 Å². The zero-order valence-corrected chi connectivity index (χ0v) is 14.2. The third kappa shape index (κ3) is 5.13. The number of ether oxygens (including phenoxy) is 1. The van der Waals surface area contributed by atoms with Crippen LogP contribution in [0.4, 0.5) is 0 Å². The summed E-state index contributed by atoms with van der Waals surface area (Å²) in [5, 5.41) is 3.92. The molecule has 1 amide bonds. The number of aryl methyl sites for hydroxylation is 1. The number of hydrogen-bond acceptors (Lipinski definition) is 6. The molecule has 0 radical (unpaired) electrons. The summed E-state index contributed by atoms with van der Waals surface area (Å²) in [6, 6.07) is -0.0839. The third-order valence-electron chi connectivity index (χ3n) is 3.16. The lowest BCUT2D eigenvalue weighted by Crippen LogP contribution is -2.41. The first-order chi connectivity index (χ1) is 10.1. The maximum atomic E-state index is 12.2. The maximum absolute atomic E-state index is 12.2. The fourth-order valence-corrected chi connectivity index (χ4v) is 1.78. The van der Waals surface area contributed by atoms with Crippen molar-refractivity contribution in [2.45, 2.75) is 58.9 Å². The molecule has 0 spiro atoms. The molecule has 0 saturated carbocycles. The van der Waals surface area contributed by atoms with Crippen molar-refractivity contribution in [2.75, 3.05) is 13.7 Å². The SMILES string of the molecule is COC(=O)CN(C(=O)CCc1nc(C(C)(C)C)no1)C(C)C. The largest absolute Gasteiger partial charge is 0.468 e. The lowest BCUT2D eigenvalue weighted by molar-refractivity contribution is -0.148. The highest BCUT2D eigenvalue weighted by atomic mass is 16.5. The van der Waals surface area contributed by atoms with E-state index in [9.17, 15) is 9.59 Å². The van der Waals surface area contributed by atoms with Crippen LogP contribution in [0.15, 0.2) is 4.52 Å². The van der Waals surface area contributed by atoms with E-state index in [1.165, 1.54) is 12.0 Å². The number of hydrogen-bond donors (Lipinski definition) is 0. The van der Waals surface area contributed by atoms with E-state index in [2.05, 4.69) is 14.9 Å². The van der Waals surface area contributed by atoms with Crippen LogP contribution < -0.4 is 0 Å². The molecule has 22 heavy (non-hydrogen) atoms. The first kappa shape index (κ1) is 18.1. The standard InChI is InChI=1S/C15H25N3O4/c1-10(2)18(9-13(20)21-6)12(19)8-7-11-16-14(17-22-11)15(3,4)5/h10H,7-9H2,1-6H3. The van der Waals surface area contributed by atoms with Crippen LogP contribution in [-0.2, 0) is 26.2 Å². The monoisotopic (exact) mass is 311 g/mol. The first-order valence-electron chi connectivity index (χ1n) is 7.34.